The van der Waals surface area contributed by atoms with Crippen molar-refractivity contribution < 1.29 is 14.6 Å². The van der Waals surface area contributed by atoms with Gasteiger partial charge in [0.25, 0.3) is 0 Å². The molecular formula is C6H10O3. The van der Waals surface area contributed by atoms with Gasteiger partial charge in [-0.2, -0.15) is 0 Å². The largest absolute Gasteiger partial charge is 0.393 e. The van der Waals surface area contributed by atoms with Gasteiger partial charge in [0.1, 0.15) is 5.60 Å². The van der Waals surface area contributed by atoms with E-state index in [1.165, 1.54) is 0 Å². The third-order valence-electron chi connectivity index (χ3n) is 2.05. The van der Waals surface area contributed by atoms with E-state index in [1.807, 2.05) is 0 Å². The molecule has 0 saturated carbocycles. The third kappa shape index (κ3) is 0.689. The molecule has 2 aliphatic rings. The van der Waals surface area contributed by atoms with Crippen molar-refractivity contribution in [2.75, 3.05) is 19.8 Å². The second-order valence-corrected chi connectivity index (χ2v) is 2.79. The molecule has 0 aromatic heterocycles. The van der Waals surface area contributed by atoms with Crippen LogP contribution >= 0.6 is 0 Å². The van der Waals surface area contributed by atoms with Gasteiger partial charge in [0.15, 0.2) is 0 Å². The summed E-state index contributed by atoms with van der Waals surface area (Å²) in [7, 11) is 0. The molecule has 52 valence electrons. The molecule has 0 spiro atoms. The molecule has 0 radical (unpaired) electrons. The fraction of sp³-hybridized carbons (Fsp3) is 1.00. The summed E-state index contributed by atoms with van der Waals surface area (Å²) in [5, 5.41) is 8.84. The van der Waals surface area contributed by atoms with Gasteiger partial charge in [-0.15, -0.1) is 0 Å². The molecule has 2 fully saturated rings. The van der Waals surface area contributed by atoms with Crippen molar-refractivity contribution in [2.24, 2.45) is 0 Å². The Morgan fingerprint density at radius 1 is 1.67 bits per heavy atom. The lowest BCUT2D eigenvalue weighted by molar-refractivity contribution is -0.113. The van der Waals surface area contributed by atoms with Crippen LogP contribution in [0.2, 0.25) is 0 Å². The smallest absolute Gasteiger partial charge is 0.117 e. The molecule has 2 rings (SSSR count). The summed E-state index contributed by atoms with van der Waals surface area (Å²) in [4.78, 5) is 0. The first kappa shape index (κ1) is 5.65. The molecule has 1 N–H and O–H groups in total. The Morgan fingerprint density at radius 3 is 2.78 bits per heavy atom. The van der Waals surface area contributed by atoms with Crippen molar-refractivity contribution in [3.8, 4) is 0 Å². The average Bonchev–Trinajstić information content (AvgIpc) is 2.46. The maximum absolute atomic E-state index is 8.84. The fourth-order valence-corrected chi connectivity index (χ4v) is 1.44. The first-order valence-corrected chi connectivity index (χ1v) is 3.21. The van der Waals surface area contributed by atoms with E-state index in [-0.39, 0.29) is 18.3 Å². The average molecular weight is 130 g/mol. The van der Waals surface area contributed by atoms with Crippen LogP contribution in [-0.2, 0) is 9.47 Å². The van der Waals surface area contributed by atoms with Crippen LogP contribution in [0.3, 0.4) is 0 Å². The highest BCUT2D eigenvalue weighted by atomic mass is 16.6. The Labute approximate surface area is 53.6 Å². The van der Waals surface area contributed by atoms with Crippen LogP contribution in [0.1, 0.15) is 6.42 Å². The second-order valence-electron chi connectivity index (χ2n) is 2.79. The molecule has 0 aromatic rings. The second kappa shape index (κ2) is 1.68. The lowest BCUT2D eigenvalue weighted by Gasteiger charge is -2.22. The van der Waals surface area contributed by atoms with Crippen molar-refractivity contribution in [1.29, 1.82) is 0 Å². The molecule has 3 heteroatoms. The summed E-state index contributed by atoms with van der Waals surface area (Å²) in [6.45, 7) is 1.35. The molecule has 2 saturated heterocycles. The molecule has 2 heterocycles. The van der Waals surface area contributed by atoms with Gasteiger partial charge < -0.3 is 14.6 Å². The van der Waals surface area contributed by atoms with Gasteiger partial charge in [-0.1, -0.05) is 0 Å². The maximum atomic E-state index is 8.84. The van der Waals surface area contributed by atoms with Gasteiger partial charge in [-0.25, -0.2) is 0 Å². The highest BCUT2D eigenvalue weighted by molar-refractivity contribution is 4.94. The highest BCUT2D eigenvalue weighted by Crippen LogP contribution is 2.34. The van der Waals surface area contributed by atoms with E-state index in [1.54, 1.807) is 0 Å². The molecule has 3 nitrogen and oxygen atoms in total. The molecule has 0 aromatic carbocycles. The summed E-state index contributed by atoms with van der Waals surface area (Å²) in [6, 6.07) is 0. The van der Waals surface area contributed by atoms with Crippen LogP contribution in [0.25, 0.3) is 0 Å². The summed E-state index contributed by atoms with van der Waals surface area (Å²) in [5.74, 6) is 0. The lowest BCUT2D eigenvalue weighted by Crippen LogP contribution is -2.35. The zero-order valence-corrected chi connectivity index (χ0v) is 5.17. The zero-order chi connectivity index (χ0) is 6.32. The molecule has 2 aliphatic heterocycles. The quantitative estimate of drug-likeness (QED) is 0.522. The molecule has 0 aliphatic carbocycles. The zero-order valence-electron chi connectivity index (χ0n) is 5.17. The molecule has 2 atom stereocenters. The number of aliphatic hydroxyl groups is 1. The Hall–Kier alpha value is -0.120. The van der Waals surface area contributed by atoms with Gasteiger partial charge in [-0.05, 0) is 0 Å². The van der Waals surface area contributed by atoms with Crippen molar-refractivity contribution >= 4 is 0 Å². The van der Waals surface area contributed by atoms with Gasteiger partial charge in [0.05, 0.1) is 25.9 Å². The topological polar surface area (TPSA) is 38.7 Å². The Kier molecular flexibility index (Phi) is 1.06. The van der Waals surface area contributed by atoms with Crippen LogP contribution in [-0.4, -0.2) is 36.6 Å². The number of rotatable bonds is 1. The van der Waals surface area contributed by atoms with E-state index < -0.39 is 0 Å². The SMILES string of the molecule is OC[C@@]12CO[C@@H](CO1)C2. The van der Waals surface area contributed by atoms with Gasteiger partial charge >= 0.3 is 0 Å². The van der Waals surface area contributed by atoms with Crippen LogP contribution in [0.15, 0.2) is 0 Å². The molecular weight excluding hydrogens is 120 g/mol. The Balaban J connectivity index is 2.13. The van der Waals surface area contributed by atoms with Crippen molar-refractivity contribution in [2.45, 2.75) is 18.1 Å². The standard InChI is InChI=1S/C6H10O3/c7-3-6-1-5(2-9-6)8-4-6/h5,7H,1-4H2/t5-,6+/m1/s1. The van der Waals surface area contributed by atoms with Gasteiger partial charge in [0.2, 0.25) is 0 Å². The number of aliphatic hydroxyl groups excluding tert-OH is 1. The van der Waals surface area contributed by atoms with E-state index in [4.69, 9.17) is 14.6 Å². The summed E-state index contributed by atoms with van der Waals surface area (Å²) in [6.07, 6.45) is 1.14. The Bertz CT molecular complexity index is 115. The van der Waals surface area contributed by atoms with Crippen molar-refractivity contribution in [1.82, 2.24) is 0 Å². The highest BCUT2D eigenvalue weighted by Gasteiger charge is 2.47. The van der Waals surface area contributed by atoms with Crippen LogP contribution < -0.4 is 0 Å². The minimum atomic E-state index is -0.315. The molecule has 9 heavy (non-hydrogen) atoms. The number of ether oxygens (including phenoxy) is 2. The van der Waals surface area contributed by atoms with Gasteiger partial charge in [0, 0.05) is 6.42 Å². The summed E-state index contributed by atoms with van der Waals surface area (Å²) < 4.78 is 10.6. The molecule has 0 amide bonds. The van der Waals surface area contributed by atoms with Crippen LogP contribution in [0, 0.1) is 0 Å². The molecule has 0 unspecified atom stereocenters. The van der Waals surface area contributed by atoms with E-state index >= 15 is 0 Å². The monoisotopic (exact) mass is 130 g/mol. The third-order valence-corrected chi connectivity index (χ3v) is 2.05. The van der Waals surface area contributed by atoms with Crippen LogP contribution in [0.5, 0.6) is 0 Å². The molecule has 2 bridgehead atoms. The van der Waals surface area contributed by atoms with E-state index in [9.17, 15) is 0 Å². The summed E-state index contributed by atoms with van der Waals surface area (Å²) in [5.41, 5.74) is -0.315. The van der Waals surface area contributed by atoms with E-state index in [2.05, 4.69) is 0 Å². The minimum Gasteiger partial charge on any atom is -0.393 e. The Morgan fingerprint density at radius 2 is 2.56 bits per heavy atom. The lowest BCUT2D eigenvalue weighted by atomic mass is 10.1. The normalized spacial score (nSPS) is 48.3. The van der Waals surface area contributed by atoms with Crippen molar-refractivity contribution in [3.63, 3.8) is 0 Å². The number of fused-ring (bicyclic) bond motifs is 2. The first-order chi connectivity index (χ1) is 4.35. The first-order valence-electron chi connectivity index (χ1n) is 3.21. The predicted molar refractivity (Wildman–Crippen MR) is 30.1 cm³/mol. The van der Waals surface area contributed by atoms with Gasteiger partial charge in [-0.3, -0.25) is 0 Å². The number of hydrogen-bond donors (Lipinski definition) is 1. The van der Waals surface area contributed by atoms with E-state index in [0.29, 0.717) is 13.2 Å². The van der Waals surface area contributed by atoms with E-state index in [0.717, 1.165) is 6.42 Å². The van der Waals surface area contributed by atoms with Crippen LogP contribution in [0.4, 0.5) is 0 Å². The minimum absolute atomic E-state index is 0.101. The van der Waals surface area contributed by atoms with Crippen molar-refractivity contribution in [3.05, 3.63) is 0 Å². The summed E-state index contributed by atoms with van der Waals surface area (Å²) >= 11 is 0. The predicted octanol–water partition coefficient (Wildman–Crippen LogP) is -0.463. The fourth-order valence-electron chi connectivity index (χ4n) is 1.44. The maximum Gasteiger partial charge on any atom is 0.117 e. The number of hydrogen-bond acceptors (Lipinski definition) is 3.